The maximum atomic E-state index is 13.2. The molecule has 0 aliphatic carbocycles. The normalized spacial score (nSPS) is 12.3. The van der Waals surface area contributed by atoms with E-state index in [1.54, 1.807) is 10.8 Å². The van der Waals surface area contributed by atoms with Crippen LogP contribution in [0.15, 0.2) is 35.3 Å². The molecular formula is C15H17FN2O2. The fraction of sp³-hybridized carbons (Fsp3) is 0.333. The summed E-state index contributed by atoms with van der Waals surface area (Å²) in [6.07, 6.45) is 2.40. The van der Waals surface area contributed by atoms with E-state index in [0.29, 0.717) is 5.52 Å². The number of amides is 1. The number of nitrogens with one attached hydrogen (secondary N) is 1. The first-order valence-corrected chi connectivity index (χ1v) is 6.59. The minimum absolute atomic E-state index is 0.102. The number of hydrogen-bond acceptors (Lipinski definition) is 2. The molecule has 1 N–H and O–H groups in total. The van der Waals surface area contributed by atoms with E-state index in [4.69, 9.17) is 0 Å². The quantitative estimate of drug-likeness (QED) is 0.929. The Bertz CT molecular complexity index is 694. The molecule has 5 heteroatoms. The van der Waals surface area contributed by atoms with Crippen LogP contribution in [-0.2, 0) is 11.3 Å². The molecule has 1 amide bonds. The van der Waals surface area contributed by atoms with Crippen molar-refractivity contribution in [1.29, 1.82) is 0 Å². The third-order valence-electron chi connectivity index (χ3n) is 3.27. The van der Waals surface area contributed by atoms with Gasteiger partial charge in [-0.05, 0) is 31.5 Å². The average molecular weight is 276 g/mol. The van der Waals surface area contributed by atoms with Gasteiger partial charge in [-0.1, -0.05) is 6.92 Å². The molecule has 0 aliphatic rings. The molecule has 0 unspecified atom stereocenters. The Morgan fingerprint density at radius 2 is 2.15 bits per heavy atom. The van der Waals surface area contributed by atoms with Gasteiger partial charge >= 0.3 is 0 Å². The molecule has 0 fully saturated rings. The lowest BCUT2D eigenvalue weighted by Crippen LogP contribution is -2.34. The largest absolute Gasteiger partial charge is 0.352 e. The number of pyridine rings is 1. The average Bonchev–Trinajstić information content (AvgIpc) is 2.42. The topological polar surface area (TPSA) is 51.1 Å². The van der Waals surface area contributed by atoms with Gasteiger partial charge in [0.1, 0.15) is 12.4 Å². The standard InChI is InChI=1S/C15H17FN2O2/c1-3-10(2)17-15(20)9-18-7-6-14(19)12-8-11(16)4-5-13(12)18/h4-8,10H,3,9H2,1-2H3,(H,17,20)/t10-/m1/s1. The predicted octanol–water partition coefficient (Wildman–Crippen LogP) is 2.06. The minimum Gasteiger partial charge on any atom is -0.352 e. The second-order valence-corrected chi connectivity index (χ2v) is 4.85. The number of benzene rings is 1. The monoisotopic (exact) mass is 276 g/mol. The van der Waals surface area contributed by atoms with Crippen LogP contribution in [0.3, 0.4) is 0 Å². The zero-order valence-corrected chi connectivity index (χ0v) is 11.5. The highest BCUT2D eigenvalue weighted by atomic mass is 19.1. The SMILES string of the molecule is CC[C@@H](C)NC(=O)Cn1ccc(=O)c2cc(F)ccc21. The molecule has 4 nitrogen and oxygen atoms in total. The maximum absolute atomic E-state index is 13.2. The van der Waals surface area contributed by atoms with Crippen molar-refractivity contribution in [3.8, 4) is 0 Å². The Labute approximate surface area is 116 Å². The van der Waals surface area contributed by atoms with Crippen LogP contribution < -0.4 is 10.7 Å². The summed E-state index contributed by atoms with van der Waals surface area (Å²) in [5, 5.41) is 3.14. The van der Waals surface area contributed by atoms with Crippen molar-refractivity contribution in [2.24, 2.45) is 0 Å². The molecule has 20 heavy (non-hydrogen) atoms. The summed E-state index contributed by atoms with van der Waals surface area (Å²) in [7, 11) is 0. The Morgan fingerprint density at radius 1 is 1.40 bits per heavy atom. The number of hydrogen-bond donors (Lipinski definition) is 1. The molecule has 1 heterocycles. The maximum Gasteiger partial charge on any atom is 0.240 e. The van der Waals surface area contributed by atoms with E-state index in [9.17, 15) is 14.0 Å². The Kier molecular flexibility index (Phi) is 4.17. The van der Waals surface area contributed by atoms with E-state index in [0.717, 1.165) is 6.42 Å². The van der Waals surface area contributed by atoms with Gasteiger partial charge in [0.15, 0.2) is 5.43 Å². The van der Waals surface area contributed by atoms with Crippen LogP contribution in [0.1, 0.15) is 20.3 Å². The van der Waals surface area contributed by atoms with Crippen LogP contribution in [0, 0.1) is 5.82 Å². The number of carbonyl (C=O) groups excluding carboxylic acids is 1. The van der Waals surface area contributed by atoms with E-state index < -0.39 is 5.82 Å². The number of nitrogens with zero attached hydrogens (tertiary/aromatic N) is 1. The fourth-order valence-corrected chi connectivity index (χ4v) is 2.00. The number of halogens is 1. The smallest absolute Gasteiger partial charge is 0.240 e. The first-order valence-electron chi connectivity index (χ1n) is 6.59. The van der Waals surface area contributed by atoms with Crippen LogP contribution in [0.4, 0.5) is 4.39 Å². The third kappa shape index (κ3) is 3.04. The van der Waals surface area contributed by atoms with Gasteiger partial charge in [-0.15, -0.1) is 0 Å². The molecule has 0 bridgehead atoms. The van der Waals surface area contributed by atoms with E-state index >= 15 is 0 Å². The van der Waals surface area contributed by atoms with Crippen LogP contribution in [0.5, 0.6) is 0 Å². The Hall–Kier alpha value is -2.17. The number of carbonyl (C=O) groups is 1. The zero-order chi connectivity index (χ0) is 14.7. The van der Waals surface area contributed by atoms with E-state index in [-0.39, 0.29) is 29.3 Å². The number of aromatic nitrogens is 1. The lowest BCUT2D eigenvalue weighted by Gasteiger charge is -2.14. The van der Waals surface area contributed by atoms with E-state index in [1.165, 1.54) is 24.3 Å². The zero-order valence-electron chi connectivity index (χ0n) is 11.5. The van der Waals surface area contributed by atoms with Crippen LogP contribution >= 0.6 is 0 Å². The summed E-state index contributed by atoms with van der Waals surface area (Å²) in [5.41, 5.74) is 0.302. The molecule has 0 radical (unpaired) electrons. The predicted molar refractivity (Wildman–Crippen MR) is 76.1 cm³/mol. The van der Waals surface area contributed by atoms with E-state index in [2.05, 4.69) is 5.32 Å². The molecule has 0 aliphatic heterocycles. The number of fused-ring (bicyclic) bond motifs is 1. The first-order chi connectivity index (χ1) is 9.51. The van der Waals surface area contributed by atoms with Crippen LogP contribution in [0.2, 0.25) is 0 Å². The molecule has 2 rings (SSSR count). The highest BCUT2D eigenvalue weighted by Crippen LogP contribution is 2.12. The Morgan fingerprint density at radius 3 is 2.85 bits per heavy atom. The highest BCUT2D eigenvalue weighted by Gasteiger charge is 2.09. The van der Waals surface area contributed by atoms with Crippen LogP contribution in [0.25, 0.3) is 10.9 Å². The van der Waals surface area contributed by atoms with Crippen molar-refractivity contribution in [3.05, 3.63) is 46.5 Å². The van der Waals surface area contributed by atoms with Gasteiger partial charge in [-0.2, -0.15) is 0 Å². The van der Waals surface area contributed by atoms with E-state index in [1.807, 2.05) is 13.8 Å². The van der Waals surface area contributed by atoms with Gasteiger partial charge in [-0.25, -0.2) is 4.39 Å². The van der Waals surface area contributed by atoms with Gasteiger partial charge < -0.3 is 9.88 Å². The van der Waals surface area contributed by atoms with Crippen molar-refractivity contribution < 1.29 is 9.18 Å². The summed E-state index contributed by atoms with van der Waals surface area (Å²) < 4.78 is 14.8. The van der Waals surface area contributed by atoms with Crippen molar-refractivity contribution in [2.45, 2.75) is 32.9 Å². The molecule has 1 atom stereocenters. The van der Waals surface area contributed by atoms with Gasteiger partial charge in [0, 0.05) is 23.7 Å². The van der Waals surface area contributed by atoms with Gasteiger partial charge in [0.05, 0.1) is 5.52 Å². The summed E-state index contributed by atoms with van der Waals surface area (Å²) >= 11 is 0. The second kappa shape index (κ2) is 5.86. The molecule has 0 spiro atoms. The Balaban J connectivity index is 2.34. The molecule has 1 aromatic carbocycles. The van der Waals surface area contributed by atoms with Gasteiger partial charge in [0.2, 0.25) is 5.91 Å². The second-order valence-electron chi connectivity index (χ2n) is 4.85. The van der Waals surface area contributed by atoms with Crippen molar-refractivity contribution >= 4 is 16.8 Å². The summed E-state index contributed by atoms with van der Waals surface area (Å²) in [4.78, 5) is 23.6. The van der Waals surface area contributed by atoms with Crippen molar-refractivity contribution in [1.82, 2.24) is 9.88 Å². The highest BCUT2D eigenvalue weighted by molar-refractivity contribution is 5.82. The van der Waals surface area contributed by atoms with Crippen molar-refractivity contribution in [2.75, 3.05) is 0 Å². The molecule has 2 aromatic rings. The summed E-state index contributed by atoms with van der Waals surface area (Å²) in [6.45, 7) is 4.02. The van der Waals surface area contributed by atoms with Crippen LogP contribution in [-0.4, -0.2) is 16.5 Å². The molecule has 106 valence electrons. The first kappa shape index (κ1) is 14.2. The number of rotatable bonds is 4. The van der Waals surface area contributed by atoms with Gasteiger partial charge in [-0.3, -0.25) is 9.59 Å². The lowest BCUT2D eigenvalue weighted by atomic mass is 10.2. The fourth-order valence-electron chi connectivity index (χ4n) is 2.00. The summed E-state index contributed by atoms with van der Waals surface area (Å²) in [6, 6.07) is 5.44. The molecule has 0 saturated heterocycles. The minimum atomic E-state index is -0.462. The third-order valence-corrected chi connectivity index (χ3v) is 3.27. The summed E-state index contributed by atoms with van der Waals surface area (Å²) in [5.74, 6) is -0.593. The van der Waals surface area contributed by atoms with Crippen molar-refractivity contribution in [3.63, 3.8) is 0 Å². The molecular weight excluding hydrogens is 259 g/mol. The lowest BCUT2D eigenvalue weighted by molar-refractivity contribution is -0.122. The molecule has 0 saturated carbocycles. The molecule has 1 aromatic heterocycles. The van der Waals surface area contributed by atoms with Gasteiger partial charge in [0.25, 0.3) is 0 Å².